The van der Waals surface area contributed by atoms with E-state index in [0.717, 1.165) is 62.0 Å². The molecular weight excluding hydrogens is 462 g/mol. The van der Waals surface area contributed by atoms with Crippen LogP contribution >= 0.6 is 34.8 Å². The van der Waals surface area contributed by atoms with Crippen LogP contribution in [0.15, 0.2) is 24.3 Å². The first-order valence-electron chi connectivity index (χ1n) is 10.5. The second-order valence-corrected chi connectivity index (χ2v) is 9.93. The van der Waals surface area contributed by atoms with Crippen LogP contribution < -0.4 is 14.4 Å². The van der Waals surface area contributed by atoms with Crippen molar-refractivity contribution in [3.05, 3.63) is 50.7 Å². The van der Waals surface area contributed by atoms with Crippen molar-refractivity contribution in [2.45, 2.75) is 32.3 Å². The van der Waals surface area contributed by atoms with Gasteiger partial charge in [-0.15, -0.1) is 0 Å². The molecule has 0 spiro atoms. The largest absolute Gasteiger partial charge is 0.490 e. The van der Waals surface area contributed by atoms with Gasteiger partial charge in [-0.25, -0.2) is 4.39 Å². The highest BCUT2D eigenvalue weighted by atomic mass is 35.5. The highest BCUT2D eigenvalue weighted by molar-refractivity contribution is 6.37. The average molecular weight is 488 g/mol. The maximum Gasteiger partial charge on any atom is 0.156 e. The van der Waals surface area contributed by atoms with Gasteiger partial charge in [-0.05, 0) is 44.5 Å². The van der Waals surface area contributed by atoms with E-state index < -0.39 is 5.82 Å². The normalized spacial score (nSPS) is 18.1. The van der Waals surface area contributed by atoms with Crippen LogP contribution in [0.4, 0.5) is 10.1 Å². The minimum Gasteiger partial charge on any atom is -0.490 e. The number of benzene rings is 2. The monoisotopic (exact) mass is 486 g/mol. The lowest BCUT2D eigenvalue weighted by Crippen LogP contribution is -2.47. The number of fused-ring (bicyclic) bond motifs is 1. The van der Waals surface area contributed by atoms with Crippen LogP contribution in [0.1, 0.15) is 25.8 Å². The summed E-state index contributed by atoms with van der Waals surface area (Å²) in [5, 5.41) is 1.14. The molecule has 0 saturated carbocycles. The summed E-state index contributed by atoms with van der Waals surface area (Å²) >= 11 is 18.4. The van der Waals surface area contributed by atoms with Crippen LogP contribution in [0, 0.1) is 5.82 Å². The third kappa shape index (κ3) is 5.33. The minimum atomic E-state index is -0.473. The number of hydrogen-bond donors (Lipinski definition) is 0. The number of anilines is 1. The van der Waals surface area contributed by atoms with Crippen LogP contribution in [0.25, 0.3) is 0 Å². The Hall–Kier alpha value is -1.40. The molecular formula is C23H26Cl3FN2O2. The fourth-order valence-corrected chi connectivity index (χ4v) is 5.04. The van der Waals surface area contributed by atoms with Crippen molar-refractivity contribution in [2.24, 2.45) is 0 Å². The smallest absolute Gasteiger partial charge is 0.156 e. The standard InChI is InChI=1S/C23H26Cl3FN2O2/c1-23(2)14-15-10-16(24)11-20(21(15)31-23)29-7-5-28(6-8-29)4-3-9-30-22-18(25)12-17(27)13-19(22)26/h10-13H,3-9,14H2,1-2H3. The summed E-state index contributed by atoms with van der Waals surface area (Å²) in [5.74, 6) is 0.844. The second kappa shape index (κ2) is 9.22. The summed E-state index contributed by atoms with van der Waals surface area (Å²) in [5.41, 5.74) is 2.08. The van der Waals surface area contributed by atoms with E-state index in [1.54, 1.807) is 0 Å². The molecule has 2 aromatic rings. The Morgan fingerprint density at radius 2 is 1.71 bits per heavy atom. The van der Waals surface area contributed by atoms with Gasteiger partial charge in [0, 0.05) is 49.7 Å². The molecule has 2 aromatic carbocycles. The maximum absolute atomic E-state index is 13.3. The lowest BCUT2D eigenvalue weighted by atomic mass is 10.0. The van der Waals surface area contributed by atoms with E-state index in [0.29, 0.717) is 12.4 Å². The zero-order chi connectivity index (χ0) is 22.2. The highest BCUT2D eigenvalue weighted by Crippen LogP contribution is 2.44. The van der Waals surface area contributed by atoms with Gasteiger partial charge in [-0.1, -0.05) is 34.8 Å². The van der Waals surface area contributed by atoms with E-state index in [1.807, 2.05) is 12.1 Å². The molecule has 4 nitrogen and oxygen atoms in total. The SMILES string of the molecule is CC1(C)Cc2cc(Cl)cc(N3CCN(CCCOc4c(Cl)cc(F)cc4Cl)CC3)c2O1. The highest BCUT2D eigenvalue weighted by Gasteiger charge is 2.34. The van der Waals surface area contributed by atoms with Gasteiger partial charge < -0.3 is 14.4 Å². The Bertz CT molecular complexity index is 939. The van der Waals surface area contributed by atoms with Crippen LogP contribution in [0.5, 0.6) is 11.5 Å². The first kappa shape index (κ1) is 22.8. The molecule has 1 saturated heterocycles. The molecule has 4 rings (SSSR count). The quantitative estimate of drug-likeness (QED) is 0.460. The predicted octanol–water partition coefficient (Wildman–Crippen LogP) is 6.09. The van der Waals surface area contributed by atoms with E-state index in [1.165, 1.54) is 17.7 Å². The molecule has 31 heavy (non-hydrogen) atoms. The molecule has 0 atom stereocenters. The number of hydrogen-bond acceptors (Lipinski definition) is 4. The number of halogens is 4. The molecule has 168 valence electrons. The van der Waals surface area contributed by atoms with Crippen molar-refractivity contribution < 1.29 is 13.9 Å². The van der Waals surface area contributed by atoms with Gasteiger partial charge in [0.25, 0.3) is 0 Å². The van der Waals surface area contributed by atoms with E-state index in [2.05, 4.69) is 23.6 Å². The molecule has 2 aliphatic rings. The van der Waals surface area contributed by atoms with E-state index in [9.17, 15) is 4.39 Å². The van der Waals surface area contributed by atoms with Gasteiger partial charge in [0.2, 0.25) is 0 Å². The lowest BCUT2D eigenvalue weighted by molar-refractivity contribution is 0.138. The molecule has 0 aliphatic carbocycles. The fraction of sp³-hybridized carbons (Fsp3) is 0.478. The maximum atomic E-state index is 13.3. The molecule has 2 aliphatic heterocycles. The van der Waals surface area contributed by atoms with Crippen molar-refractivity contribution in [3.63, 3.8) is 0 Å². The molecule has 0 aromatic heterocycles. The van der Waals surface area contributed by atoms with Gasteiger partial charge in [-0.2, -0.15) is 0 Å². The number of nitrogens with zero attached hydrogens (tertiary/aromatic N) is 2. The van der Waals surface area contributed by atoms with Gasteiger partial charge >= 0.3 is 0 Å². The van der Waals surface area contributed by atoms with E-state index in [4.69, 9.17) is 44.3 Å². The second-order valence-electron chi connectivity index (χ2n) is 8.68. The zero-order valence-corrected chi connectivity index (χ0v) is 20.0. The molecule has 8 heteroatoms. The molecule has 2 heterocycles. The summed E-state index contributed by atoms with van der Waals surface area (Å²) < 4.78 is 25.2. The van der Waals surface area contributed by atoms with Gasteiger partial charge in [-0.3, -0.25) is 4.90 Å². The van der Waals surface area contributed by atoms with Gasteiger partial charge in [0.05, 0.1) is 22.3 Å². The zero-order valence-electron chi connectivity index (χ0n) is 17.7. The molecule has 0 amide bonds. The lowest BCUT2D eigenvalue weighted by Gasteiger charge is -2.37. The third-order valence-corrected chi connectivity index (χ3v) is 6.43. The number of piperazine rings is 1. The Morgan fingerprint density at radius 3 is 2.39 bits per heavy atom. The topological polar surface area (TPSA) is 24.9 Å². The first-order valence-corrected chi connectivity index (χ1v) is 11.6. The van der Waals surface area contributed by atoms with E-state index >= 15 is 0 Å². The van der Waals surface area contributed by atoms with Crippen molar-refractivity contribution in [1.82, 2.24) is 4.90 Å². The fourth-order valence-electron chi connectivity index (χ4n) is 4.23. The van der Waals surface area contributed by atoms with Crippen LogP contribution in [-0.4, -0.2) is 49.8 Å². The van der Waals surface area contributed by atoms with Crippen LogP contribution in [0.2, 0.25) is 15.1 Å². The van der Waals surface area contributed by atoms with E-state index in [-0.39, 0.29) is 15.6 Å². The van der Waals surface area contributed by atoms with Crippen molar-refractivity contribution in [3.8, 4) is 11.5 Å². The predicted molar refractivity (Wildman–Crippen MR) is 125 cm³/mol. The van der Waals surface area contributed by atoms with Gasteiger partial charge in [0.1, 0.15) is 17.2 Å². The first-order chi connectivity index (χ1) is 14.7. The van der Waals surface area contributed by atoms with Crippen molar-refractivity contribution in [1.29, 1.82) is 0 Å². The van der Waals surface area contributed by atoms with Crippen LogP contribution in [-0.2, 0) is 6.42 Å². The summed E-state index contributed by atoms with van der Waals surface area (Å²) in [6.07, 6.45) is 1.70. The molecule has 1 fully saturated rings. The summed E-state index contributed by atoms with van der Waals surface area (Å²) in [6, 6.07) is 6.45. The molecule has 0 unspecified atom stereocenters. The number of rotatable bonds is 6. The Kier molecular flexibility index (Phi) is 6.78. The number of ether oxygens (including phenoxy) is 2. The summed E-state index contributed by atoms with van der Waals surface area (Å²) in [6.45, 7) is 9.30. The van der Waals surface area contributed by atoms with Crippen LogP contribution in [0.3, 0.4) is 0 Å². The molecule has 0 radical (unpaired) electrons. The third-order valence-electron chi connectivity index (χ3n) is 5.65. The Labute approximate surface area is 197 Å². The summed E-state index contributed by atoms with van der Waals surface area (Å²) in [4.78, 5) is 4.76. The van der Waals surface area contributed by atoms with Crippen molar-refractivity contribution in [2.75, 3.05) is 44.2 Å². The Balaban J connectivity index is 1.28. The Morgan fingerprint density at radius 1 is 1.03 bits per heavy atom. The van der Waals surface area contributed by atoms with Crippen molar-refractivity contribution >= 4 is 40.5 Å². The minimum absolute atomic E-state index is 0.193. The molecule has 0 N–H and O–H groups in total. The summed E-state index contributed by atoms with van der Waals surface area (Å²) in [7, 11) is 0. The molecule has 0 bridgehead atoms. The van der Waals surface area contributed by atoms with Gasteiger partial charge in [0.15, 0.2) is 5.75 Å². The average Bonchev–Trinajstić information content (AvgIpc) is 3.00.